The van der Waals surface area contributed by atoms with Gasteiger partial charge in [-0.2, -0.15) is 0 Å². The van der Waals surface area contributed by atoms with E-state index in [0.29, 0.717) is 11.4 Å². The molecular formula is C17H13N5O. The summed E-state index contributed by atoms with van der Waals surface area (Å²) in [5.74, 6) is 0.714. The van der Waals surface area contributed by atoms with Gasteiger partial charge in [0.15, 0.2) is 0 Å². The molecule has 0 aliphatic carbocycles. The van der Waals surface area contributed by atoms with Crippen LogP contribution in [0.1, 0.15) is 0 Å². The molecule has 112 valence electrons. The number of nitrogens with zero attached hydrogens (tertiary/aromatic N) is 5. The van der Waals surface area contributed by atoms with Crippen molar-refractivity contribution in [2.75, 3.05) is 7.11 Å². The van der Waals surface area contributed by atoms with Crippen LogP contribution in [0, 0.1) is 0 Å². The quantitative estimate of drug-likeness (QED) is 0.582. The van der Waals surface area contributed by atoms with Crippen LogP contribution >= 0.6 is 0 Å². The Morgan fingerprint density at radius 3 is 2.87 bits per heavy atom. The van der Waals surface area contributed by atoms with E-state index in [0.717, 1.165) is 22.2 Å². The van der Waals surface area contributed by atoms with E-state index in [4.69, 9.17) is 4.74 Å². The van der Waals surface area contributed by atoms with Crippen LogP contribution < -0.4 is 4.74 Å². The van der Waals surface area contributed by atoms with E-state index in [2.05, 4.69) is 20.3 Å². The molecule has 3 heterocycles. The minimum atomic E-state index is 0.704. The van der Waals surface area contributed by atoms with Crippen LogP contribution in [0.25, 0.3) is 27.8 Å². The third-order valence-electron chi connectivity index (χ3n) is 3.64. The number of rotatable bonds is 3. The highest BCUT2D eigenvalue weighted by Gasteiger charge is 2.12. The van der Waals surface area contributed by atoms with Gasteiger partial charge in [0.1, 0.15) is 11.4 Å². The van der Waals surface area contributed by atoms with Gasteiger partial charge in [0.05, 0.1) is 30.1 Å². The normalized spacial score (nSPS) is 10.8. The number of ether oxygens (including phenoxy) is 1. The second kappa shape index (κ2) is 5.49. The van der Waals surface area contributed by atoms with Crippen molar-refractivity contribution in [3.05, 3.63) is 61.2 Å². The Labute approximate surface area is 132 Å². The summed E-state index contributed by atoms with van der Waals surface area (Å²) >= 11 is 0. The van der Waals surface area contributed by atoms with Gasteiger partial charge in [0.25, 0.3) is 0 Å². The van der Waals surface area contributed by atoms with Gasteiger partial charge in [-0.15, -0.1) is 5.10 Å². The molecule has 0 fully saturated rings. The van der Waals surface area contributed by atoms with Crippen molar-refractivity contribution in [1.82, 2.24) is 25.0 Å². The molecule has 0 atom stereocenters. The summed E-state index contributed by atoms with van der Waals surface area (Å²) in [6.07, 6.45) is 7.03. The second-order valence-corrected chi connectivity index (χ2v) is 4.97. The standard InChI is InChI=1S/C17H13N5O/c1-23-17-7-8-18-10-13(17)15-11-22(21-20-15)16-6-9-19-14-5-3-2-4-12(14)16/h2-11H,1H3. The summed E-state index contributed by atoms with van der Waals surface area (Å²) in [4.78, 5) is 8.50. The number of aromatic nitrogens is 5. The van der Waals surface area contributed by atoms with Crippen LogP contribution in [-0.4, -0.2) is 32.1 Å². The largest absolute Gasteiger partial charge is 0.496 e. The smallest absolute Gasteiger partial charge is 0.131 e. The molecule has 4 rings (SSSR count). The SMILES string of the molecule is COc1ccncc1-c1cn(-c2ccnc3ccccc23)nn1. The third-order valence-corrected chi connectivity index (χ3v) is 3.64. The van der Waals surface area contributed by atoms with E-state index in [9.17, 15) is 0 Å². The second-order valence-electron chi connectivity index (χ2n) is 4.97. The molecule has 0 aliphatic rings. The molecule has 0 saturated carbocycles. The number of benzene rings is 1. The highest BCUT2D eigenvalue weighted by atomic mass is 16.5. The molecular weight excluding hydrogens is 290 g/mol. The van der Waals surface area contributed by atoms with Crippen molar-refractivity contribution in [2.24, 2.45) is 0 Å². The first-order valence-corrected chi connectivity index (χ1v) is 7.11. The number of methoxy groups -OCH3 is 1. The summed E-state index contributed by atoms with van der Waals surface area (Å²) in [5.41, 5.74) is 3.36. The fraction of sp³-hybridized carbons (Fsp3) is 0.0588. The van der Waals surface area contributed by atoms with Crippen LogP contribution in [0.5, 0.6) is 5.75 Å². The predicted molar refractivity (Wildman–Crippen MR) is 86.4 cm³/mol. The first-order chi connectivity index (χ1) is 11.4. The molecule has 6 nitrogen and oxygen atoms in total. The Kier molecular flexibility index (Phi) is 3.20. The van der Waals surface area contributed by atoms with Crippen molar-refractivity contribution < 1.29 is 4.74 Å². The molecule has 0 aliphatic heterocycles. The number of hydrogen-bond acceptors (Lipinski definition) is 5. The van der Waals surface area contributed by atoms with E-state index in [1.54, 1.807) is 36.4 Å². The summed E-state index contributed by atoms with van der Waals surface area (Å²) in [6, 6.07) is 11.7. The maximum Gasteiger partial charge on any atom is 0.131 e. The van der Waals surface area contributed by atoms with Crippen molar-refractivity contribution in [2.45, 2.75) is 0 Å². The topological polar surface area (TPSA) is 65.7 Å². The molecule has 0 saturated heterocycles. The van der Waals surface area contributed by atoms with E-state index in [-0.39, 0.29) is 0 Å². The Balaban J connectivity index is 1.84. The lowest BCUT2D eigenvalue weighted by atomic mass is 10.2. The van der Waals surface area contributed by atoms with Crippen molar-refractivity contribution in [3.8, 4) is 22.7 Å². The summed E-state index contributed by atoms with van der Waals surface area (Å²) < 4.78 is 7.10. The van der Waals surface area contributed by atoms with Crippen molar-refractivity contribution in [3.63, 3.8) is 0 Å². The lowest BCUT2D eigenvalue weighted by Gasteiger charge is -2.05. The van der Waals surface area contributed by atoms with Crippen LogP contribution in [-0.2, 0) is 0 Å². The number of pyridine rings is 2. The first kappa shape index (κ1) is 13.4. The number of para-hydroxylation sites is 1. The minimum absolute atomic E-state index is 0.704. The zero-order valence-corrected chi connectivity index (χ0v) is 12.4. The van der Waals surface area contributed by atoms with Gasteiger partial charge in [-0.1, -0.05) is 23.4 Å². The molecule has 3 aromatic heterocycles. The summed E-state index contributed by atoms with van der Waals surface area (Å²) in [5, 5.41) is 9.51. The van der Waals surface area contributed by atoms with Crippen LogP contribution in [0.4, 0.5) is 0 Å². The van der Waals surface area contributed by atoms with E-state index < -0.39 is 0 Å². The molecule has 0 radical (unpaired) electrons. The fourth-order valence-electron chi connectivity index (χ4n) is 2.54. The predicted octanol–water partition coefficient (Wildman–Crippen LogP) is 2.89. The van der Waals surface area contributed by atoms with Gasteiger partial charge in [-0.05, 0) is 18.2 Å². The molecule has 0 N–H and O–H groups in total. The lowest BCUT2D eigenvalue weighted by Crippen LogP contribution is -1.96. The Morgan fingerprint density at radius 1 is 1.04 bits per heavy atom. The minimum Gasteiger partial charge on any atom is -0.496 e. The maximum atomic E-state index is 5.36. The van der Waals surface area contributed by atoms with Gasteiger partial charge >= 0.3 is 0 Å². The molecule has 6 heteroatoms. The molecule has 0 spiro atoms. The third kappa shape index (κ3) is 2.30. The monoisotopic (exact) mass is 303 g/mol. The van der Waals surface area contributed by atoms with Gasteiger partial charge < -0.3 is 4.74 Å². The lowest BCUT2D eigenvalue weighted by molar-refractivity contribution is 0.416. The highest BCUT2D eigenvalue weighted by molar-refractivity contribution is 5.86. The zero-order valence-electron chi connectivity index (χ0n) is 12.4. The van der Waals surface area contributed by atoms with Crippen LogP contribution in [0.15, 0.2) is 61.2 Å². The molecule has 1 aromatic carbocycles. The van der Waals surface area contributed by atoms with Gasteiger partial charge in [-0.3, -0.25) is 9.97 Å². The van der Waals surface area contributed by atoms with Crippen molar-refractivity contribution >= 4 is 10.9 Å². The number of fused-ring (bicyclic) bond motifs is 1. The Morgan fingerprint density at radius 2 is 1.96 bits per heavy atom. The maximum absolute atomic E-state index is 5.36. The molecule has 0 bridgehead atoms. The molecule has 23 heavy (non-hydrogen) atoms. The Bertz CT molecular complexity index is 974. The average Bonchev–Trinajstić information content (AvgIpc) is 3.11. The number of hydrogen-bond donors (Lipinski definition) is 0. The summed E-state index contributed by atoms with van der Waals surface area (Å²) in [7, 11) is 1.62. The average molecular weight is 303 g/mol. The molecule has 4 aromatic rings. The fourth-order valence-corrected chi connectivity index (χ4v) is 2.54. The van der Waals surface area contributed by atoms with Gasteiger partial charge in [0, 0.05) is 24.0 Å². The molecule has 0 unspecified atom stereocenters. The Hall–Kier alpha value is -3.28. The van der Waals surface area contributed by atoms with E-state index in [1.165, 1.54) is 0 Å². The van der Waals surface area contributed by atoms with Gasteiger partial charge in [-0.25, -0.2) is 4.68 Å². The first-order valence-electron chi connectivity index (χ1n) is 7.11. The molecule has 0 amide bonds. The van der Waals surface area contributed by atoms with Crippen molar-refractivity contribution in [1.29, 1.82) is 0 Å². The summed E-state index contributed by atoms with van der Waals surface area (Å²) in [6.45, 7) is 0. The van der Waals surface area contributed by atoms with Crippen LogP contribution in [0.2, 0.25) is 0 Å². The van der Waals surface area contributed by atoms with Gasteiger partial charge in [0.2, 0.25) is 0 Å². The van der Waals surface area contributed by atoms with Crippen LogP contribution in [0.3, 0.4) is 0 Å². The zero-order chi connectivity index (χ0) is 15.6. The van der Waals surface area contributed by atoms with E-state index in [1.807, 2.05) is 36.5 Å². The van der Waals surface area contributed by atoms with E-state index >= 15 is 0 Å². The highest BCUT2D eigenvalue weighted by Crippen LogP contribution is 2.28.